The predicted molar refractivity (Wildman–Crippen MR) is 40.1 cm³/mol. The van der Waals surface area contributed by atoms with Gasteiger partial charge in [0.05, 0.1) is 20.2 Å². The Hall–Kier alpha value is -0.640. The molecule has 1 N–H and O–H groups in total. The molecule has 0 aliphatic rings. The van der Waals surface area contributed by atoms with Crippen LogP contribution in [0.15, 0.2) is 0 Å². The van der Waals surface area contributed by atoms with Crippen LogP contribution >= 0.6 is 0 Å². The molecule has 0 saturated heterocycles. The van der Waals surface area contributed by atoms with Crippen molar-refractivity contribution in [1.29, 1.82) is 0 Å². The number of rotatable bonds is 6. The van der Waals surface area contributed by atoms with Crippen LogP contribution in [0.3, 0.4) is 0 Å². The van der Waals surface area contributed by atoms with E-state index in [1.54, 1.807) is 0 Å². The number of alkyl halides is 1. The summed E-state index contributed by atoms with van der Waals surface area (Å²) in [5.41, 5.74) is 0. The molecule has 0 heterocycles. The number of nitrogens with one attached hydrogen (secondary N) is 1. The van der Waals surface area contributed by atoms with Crippen molar-refractivity contribution in [2.45, 2.75) is 12.8 Å². The highest BCUT2D eigenvalue weighted by Crippen LogP contribution is 1.82. The lowest BCUT2D eigenvalue weighted by atomic mass is 10.4. The molecular formula is C7H14FNO2. The molecule has 0 atom stereocenters. The largest absolute Gasteiger partial charge is 0.469 e. The molecule has 0 aromatic heterocycles. The van der Waals surface area contributed by atoms with E-state index >= 15 is 0 Å². The third-order valence-electron chi connectivity index (χ3n) is 1.22. The predicted octanol–water partition coefficient (Wildman–Crippen LogP) is 0.499. The van der Waals surface area contributed by atoms with Crippen LogP contribution in [0.5, 0.6) is 0 Å². The minimum atomic E-state index is -0.314. The maximum atomic E-state index is 11.5. The molecule has 0 radical (unpaired) electrons. The average Bonchev–Trinajstić information content (AvgIpc) is 2.04. The Labute approximate surface area is 65.9 Å². The lowest BCUT2D eigenvalue weighted by molar-refractivity contribution is -0.140. The molecule has 0 aliphatic carbocycles. The van der Waals surface area contributed by atoms with Gasteiger partial charge in [0.2, 0.25) is 0 Å². The highest BCUT2D eigenvalue weighted by molar-refractivity contribution is 5.69. The van der Waals surface area contributed by atoms with Gasteiger partial charge in [-0.2, -0.15) is 0 Å². The molecule has 0 unspecified atom stereocenters. The smallest absolute Gasteiger partial charge is 0.306 e. The summed E-state index contributed by atoms with van der Waals surface area (Å²) in [6, 6.07) is 0. The van der Waals surface area contributed by atoms with Crippen molar-refractivity contribution in [2.24, 2.45) is 0 Å². The van der Waals surface area contributed by atoms with E-state index in [1.807, 2.05) is 0 Å². The summed E-state index contributed by atoms with van der Waals surface area (Å²) in [4.78, 5) is 10.5. The van der Waals surface area contributed by atoms with Crippen molar-refractivity contribution < 1.29 is 13.9 Å². The van der Waals surface area contributed by atoms with Crippen molar-refractivity contribution in [2.75, 3.05) is 26.9 Å². The van der Waals surface area contributed by atoms with Crippen LogP contribution < -0.4 is 5.32 Å². The van der Waals surface area contributed by atoms with Crippen molar-refractivity contribution in [3.8, 4) is 0 Å². The van der Waals surface area contributed by atoms with Gasteiger partial charge in [-0.1, -0.05) is 0 Å². The lowest BCUT2D eigenvalue weighted by Crippen LogP contribution is -2.20. The van der Waals surface area contributed by atoms with Crippen molar-refractivity contribution in [3.05, 3.63) is 0 Å². The number of hydrogen-bond acceptors (Lipinski definition) is 3. The summed E-state index contributed by atoms with van der Waals surface area (Å²) in [5, 5.41) is 2.91. The molecule has 0 aromatic rings. The SMILES string of the molecule is COC(=O)CCNCCCF. The van der Waals surface area contributed by atoms with Crippen molar-refractivity contribution in [3.63, 3.8) is 0 Å². The first-order valence-corrected chi connectivity index (χ1v) is 3.64. The molecule has 11 heavy (non-hydrogen) atoms. The van der Waals surface area contributed by atoms with Crippen LogP contribution in [-0.2, 0) is 9.53 Å². The van der Waals surface area contributed by atoms with Gasteiger partial charge in [0, 0.05) is 6.54 Å². The zero-order valence-corrected chi connectivity index (χ0v) is 6.73. The summed E-state index contributed by atoms with van der Waals surface area (Å²) >= 11 is 0. The van der Waals surface area contributed by atoms with E-state index in [0.29, 0.717) is 25.9 Å². The minimum absolute atomic E-state index is 0.238. The van der Waals surface area contributed by atoms with Crippen molar-refractivity contribution >= 4 is 5.97 Å². The first-order valence-electron chi connectivity index (χ1n) is 3.64. The van der Waals surface area contributed by atoms with E-state index in [1.165, 1.54) is 7.11 Å². The molecule has 66 valence electrons. The molecule has 0 rings (SSSR count). The monoisotopic (exact) mass is 163 g/mol. The number of methoxy groups -OCH3 is 1. The molecule has 0 fully saturated rings. The summed E-state index contributed by atoms with van der Waals surface area (Å²) in [6.07, 6.45) is 0.851. The van der Waals surface area contributed by atoms with Gasteiger partial charge in [0.15, 0.2) is 0 Å². The molecular weight excluding hydrogens is 149 g/mol. The summed E-state index contributed by atoms with van der Waals surface area (Å²) in [5.74, 6) is -0.238. The minimum Gasteiger partial charge on any atom is -0.469 e. The van der Waals surface area contributed by atoms with Crippen LogP contribution in [-0.4, -0.2) is 32.8 Å². The Morgan fingerprint density at radius 2 is 2.27 bits per heavy atom. The Bertz CT molecular complexity index is 109. The Kier molecular flexibility index (Phi) is 7.03. The van der Waals surface area contributed by atoms with Crippen LogP contribution in [0.25, 0.3) is 0 Å². The number of ether oxygens (including phenoxy) is 1. The first kappa shape index (κ1) is 10.4. The fourth-order valence-electron chi connectivity index (χ4n) is 0.609. The Morgan fingerprint density at radius 1 is 1.55 bits per heavy atom. The second kappa shape index (κ2) is 7.47. The van der Waals surface area contributed by atoms with Gasteiger partial charge in [-0.15, -0.1) is 0 Å². The Morgan fingerprint density at radius 3 is 2.82 bits per heavy atom. The van der Waals surface area contributed by atoms with Crippen molar-refractivity contribution in [1.82, 2.24) is 5.32 Å². The molecule has 0 saturated carbocycles. The standard InChI is InChI=1S/C7H14FNO2/c1-11-7(10)3-6-9-5-2-4-8/h9H,2-6H2,1H3. The van der Waals surface area contributed by atoms with E-state index < -0.39 is 0 Å². The zero-order chi connectivity index (χ0) is 8.53. The highest BCUT2D eigenvalue weighted by atomic mass is 19.1. The fraction of sp³-hybridized carbons (Fsp3) is 0.857. The van der Waals surface area contributed by atoms with Gasteiger partial charge in [-0.25, -0.2) is 0 Å². The number of halogens is 1. The number of carbonyl (C=O) groups is 1. The summed E-state index contributed by atoms with van der Waals surface area (Å²) in [6.45, 7) is 0.866. The molecule has 0 amide bonds. The second-order valence-electron chi connectivity index (χ2n) is 2.12. The third-order valence-corrected chi connectivity index (χ3v) is 1.22. The molecule has 4 heteroatoms. The van der Waals surface area contributed by atoms with E-state index in [0.717, 1.165) is 0 Å². The summed E-state index contributed by atoms with van der Waals surface area (Å²) < 4.78 is 15.9. The lowest BCUT2D eigenvalue weighted by Gasteiger charge is -2.00. The van der Waals surface area contributed by atoms with E-state index in [4.69, 9.17) is 0 Å². The molecule has 3 nitrogen and oxygen atoms in total. The molecule has 0 spiro atoms. The number of esters is 1. The molecule has 0 bridgehead atoms. The number of carbonyl (C=O) groups excluding carboxylic acids is 1. The quantitative estimate of drug-likeness (QED) is 0.457. The van der Waals surface area contributed by atoms with Crippen LogP contribution in [0.4, 0.5) is 4.39 Å². The maximum Gasteiger partial charge on any atom is 0.306 e. The van der Waals surface area contributed by atoms with E-state index in [-0.39, 0.29) is 12.6 Å². The highest BCUT2D eigenvalue weighted by Gasteiger charge is 1.97. The van der Waals surface area contributed by atoms with Gasteiger partial charge in [0.1, 0.15) is 0 Å². The third kappa shape index (κ3) is 7.25. The maximum absolute atomic E-state index is 11.5. The van der Waals surface area contributed by atoms with Gasteiger partial charge in [-0.3, -0.25) is 9.18 Å². The topological polar surface area (TPSA) is 38.3 Å². The normalized spacial score (nSPS) is 9.64. The van der Waals surface area contributed by atoms with Crippen LogP contribution in [0.2, 0.25) is 0 Å². The average molecular weight is 163 g/mol. The van der Waals surface area contributed by atoms with Crippen LogP contribution in [0, 0.1) is 0 Å². The second-order valence-corrected chi connectivity index (χ2v) is 2.12. The summed E-state index contributed by atoms with van der Waals surface area (Å²) in [7, 11) is 1.35. The molecule has 0 aromatic carbocycles. The van der Waals surface area contributed by atoms with E-state index in [2.05, 4.69) is 10.1 Å². The molecule has 0 aliphatic heterocycles. The zero-order valence-electron chi connectivity index (χ0n) is 6.73. The van der Waals surface area contributed by atoms with Gasteiger partial charge >= 0.3 is 5.97 Å². The van der Waals surface area contributed by atoms with Gasteiger partial charge < -0.3 is 10.1 Å². The Balaban J connectivity index is 2.95. The fourth-order valence-corrected chi connectivity index (χ4v) is 0.609. The number of hydrogen-bond donors (Lipinski definition) is 1. The van der Waals surface area contributed by atoms with Gasteiger partial charge in [-0.05, 0) is 13.0 Å². The van der Waals surface area contributed by atoms with Gasteiger partial charge in [0.25, 0.3) is 0 Å². The van der Waals surface area contributed by atoms with Crippen LogP contribution in [0.1, 0.15) is 12.8 Å². The first-order chi connectivity index (χ1) is 5.31. The van der Waals surface area contributed by atoms with E-state index in [9.17, 15) is 9.18 Å².